The lowest BCUT2D eigenvalue weighted by Gasteiger charge is -1.97. The zero-order valence-electron chi connectivity index (χ0n) is 5.68. The van der Waals surface area contributed by atoms with Crippen LogP contribution in [0.25, 0.3) is 0 Å². The normalized spacial score (nSPS) is 8.50. The molecule has 0 heterocycles. The maximum Gasteiger partial charge on any atom is 0.331 e. The number of carbonyl (C=O) groups is 2. The highest BCUT2D eigenvalue weighted by molar-refractivity contribution is 5.93. The smallest absolute Gasteiger partial charge is 0.331 e. The molecule has 0 saturated heterocycles. The maximum absolute atomic E-state index is 10.5. The summed E-state index contributed by atoms with van der Waals surface area (Å²) < 4.78 is 0. The number of carbonyl (C=O) groups excluding carboxylic acids is 1. The first-order valence-electron chi connectivity index (χ1n) is 2.69. The van der Waals surface area contributed by atoms with Gasteiger partial charge >= 0.3 is 5.97 Å². The summed E-state index contributed by atoms with van der Waals surface area (Å²) in [5.41, 5.74) is -0.0978. The standard InChI is InChI=1S/C6H9NO3/c1-4(6(9)10)3-5(8)7-2/h1,3H2,2H3,(H,7,8)(H,9,10). The van der Waals surface area contributed by atoms with Crippen LogP contribution < -0.4 is 5.32 Å². The van der Waals surface area contributed by atoms with Gasteiger partial charge in [0.05, 0.1) is 6.42 Å². The molecule has 0 aliphatic heterocycles. The van der Waals surface area contributed by atoms with E-state index in [0.29, 0.717) is 0 Å². The van der Waals surface area contributed by atoms with Crippen LogP contribution in [0, 0.1) is 0 Å². The van der Waals surface area contributed by atoms with Gasteiger partial charge in [-0.05, 0) is 0 Å². The highest BCUT2D eigenvalue weighted by atomic mass is 16.4. The lowest BCUT2D eigenvalue weighted by Crippen LogP contribution is -2.19. The van der Waals surface area contributed by atoms with Crippen molar-refractivity contribution in [2.75, 3.05) is 7.05 Å². The molecule has 0 atom stereocenters. The Morgan fingerprint density at radius 2 is 2.10 bits per heavy atom. The summed E-state index contributed by atoms with van der Waals surface area (Å²) in [6.07, 6.45) is -0.147. The van der Waals surface area contributed by atoms with Crippen LogP contribution in [-0.2, 0) is 9.59 Å². The van der Waals surface area contributed by atoms with Crippen molar-refractivity contribution in [3.05, 3.63) is 12.2 Å². The molecule has 0 bridgehead atoms. The number of hydrogen-bond donors (Lipinski definition) is 2. The zero-order chi connectivity index (χ0) is 8.15. The van der Waals surface area contributed by atoms with E-state index in [4.69, 9.17) is 5.11 Å². The highest BCUT2D eigenvalue weighted by Gasteiger charge is 2.07. The van der Waals surface area contributed by atoms with E-state index in [1.165, 1.54) is 7.05 Å². The van der Waals surface area contributed by atoms with E-state index < -0.39 is 5.97 Å². The molecule has 10 heavy (non-hydrogen) atoms. The van der Waals surface area contributed by atoms with Crippen molar-refractivity contribution in [2.24, 2.45) is 0 Å². The Balaban J connectivity index is 3.80. The fourth-order valence-electron chi connectivity index (χ4n) is 0.358. The Bertz CT molecular complexity index is 174. The average Bonchev–Trinajstić information content (AvgIpc) is 1.87. The van der Waals surface area contributed by atoms with Gasteiger partial charge in [-0.1, -0.05) is 6.58 Å². The van der Waals surface area contributed by atoms with Gasteiger partial charge in [0.1, 0.15) is 0 Å². The Morgan fingerprint density at radius 1 is 1.60 bits per heavy atom. The number of nitrogens with one attached hydrogen (secondary N) is 1. The summed E-state index contributed by atoms with van der Waals surface area (Å²) in [4.78, 5) is 20.6. The molecule has 4 nitrogen and oxygen atoms in total. The SMILES string of the molecule is C=C(CC(=O)NC)C(=O)O. The number of carboxylic acid groups (broad SMARTS) is 1. The van der Waals surface area contributed by atoms with E-state index in [0.717, 1.165) is 0 Å². The fourth-order valence-corrected chi connectivity index (χ4v) is 0.358. The number of amides is 1. The molecule has 0 radical (unpaired) electrons. The molecule has 0 aromatic heterocycles. The van der Waals surface area contributed by atoms with Crippen LogP contribution in [0.3, 0.4) is 0 Å². The Kier molecular flexibility index (Phi) is 3.17. The average molecular weight is 143 g/mol. The quantitative estimate of drug-likeness (QED) is 0.536. The minimum atomic E-state index is -1.14. The second-order valence-electron chi connectivity index (χ2n) is 1.76. The number of rotatable bonds is 3. The molecular weight excluding hydrogens is 134 g/mol. The summed E-state index contributed by atoms with van der Waals surface area (Å²) >= 11 is 0. The predicted octanol–water partition coefficient (Wildman–Crippen LogP) is -0.237. The van der Waals surface area contributed by atoms with Crippen molar-refractivity contribution < 1.29 is 14.7 Å². The van der Waals surface area contributed by atoms with Crippen molar-refractivity contribution >= 4 is 11.9 Å². The first kappa shape index (κ1) is 8.68. The zero-order valence-corrected chi connectivity index (χ0v) is 5.68. The molecule has 0 aromatic rings. The predicted molar refractivity (Wildman–Crippen MR) is 35.5 cm³/mol. The van der Waals surface area contributed by atoms with Gasteiger partial charge in [0, 0.05) is 12.6 Å². The van der Waals surface area contributed by atoms with E-state index >= 15 is 0 Å². The second kappa shape index (κ2) is 3.66. The summed E-state index contributed by atoms with van der Waals surface area (Å²) in [5.74, 6) is -1.48. The van der Waals surface area contributed by atoms with Crippen LogP contribution in [0.4, 0.5) is 0 Å². The monoisotopic (exact) mass is 143 g/mol. The van der Waals surface area contributed by atoms with Gasteiger partial charge in [-0.15, -0.1) is 0 Å². The van der Waals surface area contributed by atoms with Crippen molar-refractivity contribution in [1.29, 1.82) is 0 Å². The maximum atomic E-state index is 10.5. The summed E-state index contributed by atoms with van der Waals surface area (Å²) in [5, 5.41) is 10.5. The minimum Gasteiger partial charge on any atom is -0.478 e. The third-order valence-corrected chi connectivity index (χ3v) is 0.955. The summed E-state index contributed by atoms with van der Waals surface area (Å²) in [7, 11) is 1.44. The summed E-state index contributed by atoms with van der Waals surface area (Å²) in [6, 6.07) is 0. The van der Waals surface area contributed by atoms with E-state index in [1.807, 2.05) is 0 Å². The number of carboxylic acids is 1. The molecule has 0 spiro atoms. The topological polar surface area (TPSA) is 66.4 Å². The molecular formula is C6H9NO3. The number of hydrogen-bond acceptors (Lipinski definition) is 2. The van der Waals surface area contributed by atoms with Gasteiger partial charge in [-0.3, -0.25) is 4.79 Å². The van der Waals surface area contributed by atoms with Crippen LogP contribution in [-0.4, -0.2) is 24.0 Å². The van der Waals surface area contributed by atoms with E-state index in [1.54, 1.807) is 0 Å². The minimum absolute atomic E-state index is 0.0978. The van der Waals surface area contributed by atoms with Crippen LogP contribution in [0.15, 0.2) is 12.2 Å². The van der Waals surface area contributed by atoms with E-state index in [2.05, 4.69) is 11.9 Å². The highest BCUT2D eigenvalue weighted by Crippen LogP contribution is 1.95. The lowest BCUT2D eigenvalue weighted by molar-refractivity contribution is -0.134. The van der Waals surface area contributed by atoms with Gasteiger partial charge in [-0.2, -0.15) is 0 Å². The van der Waals surface area contributed by atoms with Gasteiger partial charge in [0.15, 0.2) is 0 Å². The van der Waals surface area contributed by atoms with Crippen LogP contribution in [0.1, 0.15) is 6.42 Å². The molecule has 0 rings (SSSR count). The lowest BCUT2D eigenvalue weighted by atomic mass is 10.2. The van der Waals surface area contributed by atoms with Crippen LogP contribution in [0.5, 0.6) is 0 Å². The third-order valence-electron chi connectivity index (χ3n) is 0.955. The van der Waals surface area contributed by atoms with Crippen molar-refractivity contribution in [3.63, 3.8) is 0 Å². The molecule has 0 saturated carbocycles. The molecule has 1 amide bonds. The fraction of sp³-hybridized carbons (Fsp3) is 0.333. The number of aliphatic carboxylic acids is 1. The molecule has 0 aromatic carbocycles. The molecule has 0 aliphatic carbocycles. The van der Waals surface area contributed by atoms with Gasteiger partial charge in [0.25, 0.3) is 0 Å². The molecule has 4 heteroatoms. The molecule has 56 valence electrons. The van der Waals surface area contributed by atoms with E-state index in [9.17, 15) is 9.59 Å². The Hall–Kier alpha value is -1.32. The molecule has 2 N–H and O–H groups in total. The van der Waals surface area contributed by atoms with Gasteiger partial charge in [0.2, 0.25) is 5.91 Å². The van der Waals surface area contributed by atoms with Gasteiger partial charge in [-0.25, -0.2) is 4.79 Å². The van der Waals surface area contributed by atoms with Crippen molar-refractivity contribution in [2.45, 2.75) is 6.42 Å². The van der Waals surface area contributed by atoms with Crippen molar-refractivity contribution in [1.82, 2.24) is 5.32 Å². The first-order chi connectivity index (χ1) is 4.57. The Labute approximate surface area is 58.5 Å². The van der Waals surface area contributed by atoms with Gasteiger partial charge < -0.3 is 10.4 Å². The summed E-state index contributed by atoms with van der Waals surface area (Å²) in [6.45, 7) is 3.18. The second-order valence-corrected chi connectivity index (χ2v) is 1.76. The molecule has 0 aliphatic rings. The van der Waals surface area contributed by atoms with E-state index in [-0.39, 0.29) is 17.9 Å². The van der Waals surface area contributed by atoms with Crippen LogP contribution in [0.2, 0.25) is 0 Å². The molecule has 0 unspecified atom stereocenters. The first-order valence-corrected chi connectivity index (χ1v) is 2.69. The van der Waals surface area contributed by atoms with Crippen LogP contribution >= 0.6 is 0 Å². The van der Waals surface area contributed by atoms with Crippen molar-refractivity contribution in [3.8, 4) is 0 Å². The molecule has 0 fully saturated rings. The Morgan fingerprint density at radius 3 is 2.40 bits per heavy atom. The largest absolute Gasteiger partial charge is 0.478 e. The third kappa shape index (κ3) is 2.86.